The molecule has 4 heterocycles. The second kappa shape index (κ2) is 15.0. The van der Waals surface area contributed by atoms with Crippen molar-refractivity contribution < 1.29 is 29.3 Å². The van der Waals surface area contributed by atoms with Gasteiger partial charge < -0.3 is 39.9 Å². The Morgan fingerprint density at radius 1 is 1.04 bits per heavy atom. The summed E-state index contributed by atoms with van der Waals surface area (Å²) in [5, 5.41) is 30.0. The fourth-order valence-electron chi connectivity index (χ4n) is 7.12. The average Bonchev–Trinajstić information content (AvgIpc) is 3.72. The number of H-pyrrole nitrogens is 1. The van der Waals surface area contributed by atoms with Gasteiger partial charge in [-0.25, -0.2) is 0 Å². The Morgan fingerprint density at radius 3 is 2.67 bits per heavy atom. The second-order valence-electron chi connectivity index (χ2n) is 13.2. The number of nitrogens with zero attached hydrogens (tertiary/aromatic N) is 1. The number of hydrogen-bond acceptors (Lipinski definition) is 8. The lowest BCUT2D eigenvalue weighted by Gasteiger charge is -2.23. The standard InChI is InChI=1S/C39H46N4O6/c1-4-25-9-11-32(49-24(2)44)18-31(45)19-35(29-16-36(46)39(47)37(17-29)48-3)43-22-28-6-5-7-34(33(28)23-43)42-38-15-26(12-13-41-38)8-10-27-20-40-21-30(27)14-25/h5-7,12,15-17,20-23,25,32,35,40-42,46-47H,4,8-11,13-14,18-19H2,1-3H3. The summed E-state index contributed by atoms with van der Waals surface area (Å²) in [4.78, 5) is 29.4. The van der Waals surface area contributed by atoms with Gasteiger partial charge in [-0.2, -0.15) is 0 Å². The predicted octanol–water partition coefficient (Wildman–Crippen LogP) is 7.04. The first-order valence-corrected chi connectivity index (χ1v) is 17.2. The highest BCUT2D eigenvalue weighted by Gasteiger charge is 2.26. The lowest BCUT2D eigenvalue weighted by molar-refractivity contribution is -0.148. The molecule has 0 amide bonds. The number of allylic oxidation sites excluding steroid dienone is 2. The summed E-state index contributed by atoms with van der Waals surface area (Å²) in [5.41, 5.74) is 5.39. The van der Waals surface area contributed by atoms with E-state index in [9.17, 15) is 19.8 Å². The molecule has 2 aliphatic rings. The van der Waals surface area contributed by atoms with E-state index in [2.05, 4.69) is 47.1 Å². The molecular formula is C39H46N4O6. The van der Waals surface area contributed by atoms with Gasteiger partial charge in [-0.15, -0.1) is 0 Å². The van der Waals surface area contributed by atoms with E-state index in [1.165, 1.54) is 36.8 Å². The van der Waals surface area contributed by atoms with Gasteiger partial charge in [-0.3, -0.25) is 9.59 Å². The van der Waals surface area contributed by atoms with Gasteiger partial charge in [0.15, 0.2) is 11.5 Å². The molecule has 49 heavy (non-hydrogen) atoms. The third-order valence-corrected chi connectivity index (χ3v) is 9.81. The number of aryl methyl sites for hydroxylation is 1. The van der Waals surface area contributed by atoms with Crippen molar-refractivity contribution in [1.82, 2.24) is 14.9 Å². The number of phenols is 2. The molecule has 4 aromatic rings. The third kappa shape index (κ3) is 7.96. The van der Waals surface area contributed by atoms with Crippen molar-refractivity contribution in [3.05, 3.63) is 95.4 Å². The molecule has 0 fully saturated rings. The molecular weight excluding hydrogens is 620 g/mol. The minimum atomic E-state index is -0.548. The van der Waals surface area contributed by atoms with Gasteiger partial charge in [0.1, 0.15) is 17.7 Å². The molecule has 5 N–H and O–H groups in total. The van der Waals surface area contributed by atoms with Crippen LogP contribution in [0.3, 0.4) is 0 Å². The van der Waals surface area contributed by atoms with Gasteiger partial charge in [0.2, 0.25) is 5.75 Å². The second-order valence-corrected chi connectivity index (χ2v) is 13.2. The molecule has 2 aliphatic heterocycles. The van der Waals surface area contributed by atoms with E-state index in [1.54, 1.807) is 6.07 Å². The quantitative estimate of drug-likeness (QED) is 0.116. The number of Topliss-reactive ketones (excluding diaryl/α,β-unsaturated/α-hetero) is 1. The van der Waals surface area contributed by atoms with Crippen LogP contribution in [0, 0.1) is 5.92 Å². The summed E-state index contributed by atoms with van der Waals surface area (Å²) >= 11 is 0. The number of dihydropyridines is 1. The van der Waals surface area contributed by atoms with E-state index >= 15 is 0 Å². The van der Waals surface area contributed by atoms with Crippen molar-refractivity contribution in [2.75, 3.05) is 19.0 Å². The van der Waals surface area contributed by atoms with Crippen molar-refractivity contribution in [3.63, 3.8) is 0 Å². The van der Waals surface area contributed by atoms with Crippen LogP contribution in [0.5, 0.6) is 17.2 Å². The molecule has 0 spiro atoms. The van der Waals surface area contributed by atoms with Crippen LogP contribution in [0.2, 0.25) is 0 Å². The number of carbonyl (C=O) groups excluding carboxylic acids is 2. The number of methoxy groups -OCH3 is 1. The number of rotatable bonds is 4. The molecule has 0 saturated carbocycles. The van der Waals surface area contributed by atoms with E-state index in [0.29, 0.717) is 17.9 Å². The van der Waals surface area contributed by atoms with E-state index < -0.39 is 18.1 Å². The maximum Gasteiger partial charge on any atom is 0.302 e. The Morgan fingerprint density at radius 2 is 1.88 bits per heavy atom. The van der Waals surface area contributed by atoms with E-state index in [4.69, 9.17) is 9.47 Å². The van der Waals surface area contributed by atoms with Crippen LogP contribution in [-0.4, -0.2) is 51.3 Å². The summed E-state index contributed by atoms with van der Waals surface area (Å²) in [6, 6.07) is 8.61. The van der Waals surface area contributed by atoms with Gasteiger partial charge in [0.25, 0.3) is 0 Å². The Balaban J connectivity index is 1.40. The fraction of sp³-hybridized carbons (Fsp3) is 0.385. The van der Waals surface area contributed by atoms with Gasteiger partial charge in [-0.1, -0.05) is 31.6 Å². The van der Waals surface area contributed by atoms with Gasteiger partial charge in [-0.05, 0) is 84.6 Å². The molecule has 3 atom stereocenters. The zero-order valence-electron chi connectivity index (χ0n) is 28.4. The number of carbonyl (C=O) groups is 2. The number of aromatic amines is 1. The number of aromatic nitrogens is 2. The average molecular weight is 667 g/mol. The normalized spacial score (nSPS) is 20.6. The van der Waals surface area contributed by atoms with Gasteiger partial charge >= 0.3 is 5.97 Å². The highest BCUT2D eigenvalue weighted by molar-refractivity contribution is 5.94. The Hall–Kier alpha value is -5.12. The van der Waals surface area contributed by atoms with Gasteiger partial charge in [0, 0.05) is 67.6 Å². The number of nitrogens with one attached hydrogen (secondary N) is 3. The van der Waals surface area contributed by atoms with Crippen LogP contribution in [0.25, 0.3) is 10.8 Å². The first-order valence-electron chi connectivity index (χ1n) is 17.2. The molecule has 0 saturated heterocycles. The van der Waals surface area contributed by atoms with E-state index in [1.807, 2.05) is 35.2 Å². The largest absolute Gasteiger partial charge is 0.504 e. The Kier molecular flexibility index (Phi) is 10.3. The molecule has 2 aromatic carbocycles. The summed E-state index contributed by atoms with van der Waals surface area (Å²) in [7, 11) is 1.42. The predicted molar refractivity (Wildman–Crippen MR) is 190 cm³/mol. The summed E-state index contributed by atoms with van der Waals surface area (Å²) in [6.07, 6.45) is 17.3. The van der Waals surface area contributed by atoms with E-state index in [0.717, 1.165) is 60.9 Å². The highest BCUT2D eigenvalue weighted by atomic mass is 16.5. The minimum absolute atomic E-state index is 0.0691. The number of phenolic OH excluding ortho intramolecular Hbond substituents is 2. The molecule has 6 rings (SSSR count). The van der Waals surface area contributed by atoms with E-state index in [-0.39, 0.29) is 35.9 Å². The Labute approximate surface area is 286 Å². The lowest BCUT2D eigenvalue weighted by atomic mass is 9.89. The number of ether oxygens (including phenoxy) is 2. The number of benzene rings is 2. The molecule has 0 aliphatic carbocycles. The molecule has 258 valence electrons. The van der Waals surface area contributed by atoms with Crippen molar-refractivity contribution in [2.45, 2.75) is 77.4 Å². The van der Waals surface area contributed by atoms with Crippen molar-refractivity contribution in [2.24, 2.45) is 5.92 Å². The third-order valence-electron chi connectivity index (χ3n) is 9.81. The monoisotopic (exact) mass is 666 g/mol. The topological polar surface area (TPSA) is 138 Å². The maximum atomic E-state index is 13.9. The molecule has 0 radical (unpaired) electrons. The van der Waals surface area contributed by atoms with Crippen molar-refractivity contribution >= 4 is 28.2 Å². The maximum absolute atomic E-state index is 13.9. The highest BCUT2D eigenvalue weighted by Crippen LogP contribution is 2.40. The zero-order chi connectivity index (χ0) is 34.5. The SMILES string of the molecule is CCC1CCC(OC(C)=O)CC(=O)CC(c2cc(O)c(O)c(OC)c2)n2cc3cccc(c3c2)NC2=CC(=CCN2)CCc2c[nH]cc2C1. The molecule has 10 nitrogen and oxygen atoms in total. The number of esters is 1. The molecule has 3 unspecified atom stereocenters. The summed E-state index contributed by atoms with van der Waals surface area (Å²) in [6.45, 7) is 4.29. The lowest BCUT2D eigenvalue weighted by Crippen LogP contribution is -2.24. The minimum Gasteiger partial charge on any atom is -0.504 e. The summed E-state index contributed by atoms with van der Waals surface area (Å²) < 4.78 is 13.1. The number of fused-ring (bicyclic) bond motifs is 3. The molecule has 2 aromatic heterocycles. The number of aromatic hydroxyl groups is 2. The van der Waals surface area contributed by atoms with Crippen LogP contribution >= 0.6 is 0 Å². The smallest absolute Gasteiger partial charge is 0.302 e. The summed E-state index contributed by atoms with van der Waals surface area (Å²) in [5.74, 6) is 0.203. The van der Waals surface area contributed by atoms with Crippen molar-refractivity contribution in [3.8, 4) is 17.2 Å². The van der Waals surface area contributed by atoms with Gasteiger partial charge in [0.05, 0.1) is 13.2 Å². The van der Waals surface area contributed by atoms with Crippen LogP contribution in [0.1, 0.15) is 75.1 Å². The Bertz CT molecular complexity index is 1890. The fourth-order valence-corrected chi connectivity index (χ4v) is 7.12. The zero-order valence-corrected chi connectivity index (χ0v) is 28.4. The number of hydrogen-bond donors (Lipinski definition) is 5. The first-order chi connectivity index (χ1) is 23.7. The van der Waals surface area contributed by atoms with Crippen LogP contribution in [-0.2, 0) is 27.2 Å². The number of ketones is 1. The first kappa shape index (κ1) is 33.8. The molecule has 4 bridgehead atoms. The van der Waals surface area contributed by atoms with Crippen LogP contribution in [0.4, 0.5) is 5.69 Å². The molecule has 10 heteroatoms. The van der Waals surface area contributed by atoms with Crippen molar-refractivity contribution in [1.29, 1.82) is 0 Å². The number of anilines is 1. The van der Waals surface area contributed by atoms with Crippen LogP contribution < -0.4 is 15.4 Å². The van der Waals surface area contributed by atoms with Crippen LogP contribution in [0.15, 0.2) is 78.7 Å².